The van der Waals surface area contributed by atoms with Gasteiger partial charge in [-0.2, -0.15) is 0 Å². The molecule has 2 aliphatic carbocycles. The zero-order chi connectivity index (χ0) is 43.3. The molecular weight excluding hydrogens is 795 g/mol. The number of anilines is 3. The summed E-state index contributed by atoms with van der Waals surface area (Å²) < 4.78 is 0. The van der Waals surface area contributed by atoms with E-state index in [1.807, 2.05) is 0 Å². The van der Waals surface area contributed by atoms with E-state index in [2.05, 4.69) is 254 Å². The van der Waals surface area contributed by atoms with Crippen molar-refractivity contribution < 1.29 is 0 Å². The summed E-state index contributed by atoms with van der Waals surface area (Å²) in [5.41, 5.74) is 17.9. The minimum absolute atomic E-state index is 0.659. The number of nitrogens with zero attached hydrogens (tertiary/aromatic N) is 1. The lowest BCUT2D eigenvalue weighted by Gasteiger charge is -2.46. The highest BCUT2D eigenvalue weighted by Crippen LogP contribution is 2.62. The smallest absolute Gasteiger partial charge is 0.0726 e. The van der Waals surface area contributed by atoms with Crippen LogP contribution in [0, 0.1) is 0 Å². The number of rotatable bonds is 5. The van der Waals surface area contributed by atoms with E-state index in [0.717, 1.165) is 17.1 Å². The maximum atomic E-state index is 2.55. The van der Waals surface area contributed by atoms with Crippen LogP contribution < -0.4 is 4.90 Å². The molecule has 2 aliphatic rings. The summed E-state index contributed by atoms with van der Waals surface area (Å²) in [6, 6.07) is 93.2. The molecule has 0 bridgehead atoms. The fourth-order valence-corrected chi connectivity index (χ4v) is 11.9. The molecule has 0 fully saturated rings. The van der Waals surface area contributed by atoms with E-state index in [4.69, 9.17) is 0 Å². The Labute approximate surface area is 384 Å². The predicted octanol–water partition coefficient (Wildman–Crippen LogP) is 17.4. The first-order valence-electron chi connectivity index (χ1n) is 23.0. The van der Waals surface area contributed by atoms with Gasteiger partial charge < -0.3 is 4.90 Å². The molecule has 0 heterocycles. The third-order valence-corrected chi connectivity index (χ3v) is 14.6. The van der Waals surface area contributed by atoms with Crippen molar-refractivity contribution in [2.75, 3.05) is 4.90 Å². The van der Waals surface area contributed by atoms with Gasteiger partial charge in [-0.25, -0.2) is 0 Å². The molecular formula is C65H41N. The molecule has 0 saturated heterocycles. The molecule has 0 radical (unpaired) electrons. The van der Waals surface area contributed by atoms with Crippen molar-refractivity contribution in [2.24, 2.45) is 0 Å². The van der Waals surface area contributed by atoms with E-state index < -0.39 is 5.41 Å². The average Bonchev–Trinajstić information content (AvgIpc) is 3.39. The Morgan fingerprint density at radius 1 is 0.258 bits per heavy atom. The van der Waals surface area contributed by atoms with Crippen molar-refractivity contribution in [2.45, 2.75) is 5.41 Å². The lowest BCUT2D eigenvalue weighted by molar-refractivity contribution is 0.754. The Bertz CT molecular complexity index is 3940. The van der Waals surface area contributed by atoms with Gasteiger partial charge in [0, 0.05) is 22.3 Å². The molecule has 306 valence electrons. The first-order valence-corrected chi connectivity index (χ1v) is 23.0. The predicted molar refractivity (Wildman–Crippen MR) is 278 cm³/mol. The van der Waals surface area contributed by atoms with Crippen molar-refractivity contribution in [3.63, 3.8) is 0 Å². The molecule has 1 unspecified atom stereocenters. The molecule has 66 heavy (non-hydrogen) atoms. The van der Waals surface area contributed by atoms with E-state index in [-0.39, 0.29) is 0 Å². The van der Waals surface area contributed by atoms with Gasteiger partial charge in [0.05, 0.1) is 11.1 Å². The van der Waals surface area contributed by atoms with Gasteiger partial charge in [0.25, 0.3) is 0 Å². The SMILES string of the molecule is c1ccc(-c2ccc3ccccc3c2N(c2ccc3c(c2)C2(c4ccccc4-c4cccc5cccc2c45)c2cccc4c(-c5ccccc5)ccc-3c24)c2ccc3ccccc3c2)cc1. The van der Waals surface area contributed by atoms with E-state index in [0.29, 0.717) is 0 Å². The molecule has 12 aromatic rings. The number of hydrogen-bond donors (Lipinski definition) is 0. The summed E-state index contributed by atoms with van der Waals surface area (Å²) in [6.45, 7) is 0. The van der Waals surface area contributed by atoms with Crippen LogP contribution >= 0.6 is 0 Å². The summed E-state index contributed by atoms with van der Waals surface area (Å²) in [5, 5.41) is 9.99. The number of benzene rings is 12. The van der Waals surface area contributed by atoms with Crippen molar-refractivity contribution in [3.05, 3.63) is 271 Å². The minimum atomic E-state index is -0.659. The molecule has 1 nitrogen and oxygen atoms in total. The normalized spacial score (nSPS) is 14.4. The van der Waals surface area contributed by atoms with Crippen LogP contribution in [-0.2, 0) is 5.41 Å². The zero-order valence-corrected chi connectivity index (χ0v) is 36.1. The van der Waals surface area contributed by atoms with Crippen LogP contribution in [-0.4, -0.2) is 0 Å². The average molecular weight is 836 g/mol. The molecule has 12 aromatic carbocycles. The number of fused-ring (bicyclic) bond motifs is 10. The molecule has 0 aromatic heterocycles. The van der Waals surface area contributed by atoms with Gasteiger partial charge in [0.1, 0.15) is 0 Å². The maximum Gasteiger partial charge on any atom is 0.0726 e. The van der Waals surface area contributed by atoms with Gasteiger partial charge in [0.15, 0.2) is 0 Å². The molecule has 0 saturated carbocycles. The van der Waals surface area contributed by atoms with Crippen molar-refractivity contribution in [3.8, 4) is 44.5 Å². The quantitative estimate of drug-likeness (QED) is 0.167. The second-order valence-electron chi connectivity index (χ2n) is 17.9. The molecule has 14 rings (SSSR count). The second-order valence-corrected chi connectivity index (χ2v) is 17.9. The lowest BCUT2D eigenvalue weighted by Crippen LogP contribution is -2.36. The summed E-state index contributed by atoms with van der Waals surface area (Å²) in [6.07, 6.45) is 0. The highest BCUT2D eigenvalue weighted by Gasteiger charge is 2.49. The fraction of sp³-hybridized carbons (Fsp3) is 0.0154. The highest BCUT2D eigenvalue weighted by atomic mass is 15.1. The largest absolute Gasteiger partial charge is 0.309 e. The zero-order valence-electron chi connectivity index (χ0n) is 36.1. The van der Waals surface area contributed by atoms with Gasteiger partial charge in [0.2, 0.25) is 0 Å². The first kappa shape index (κ1) is 36.9. The summed E-state index contributed by atoms with van der Waals surface area (Å²) in [4.78, 5) is 2.54. The van der Waals surface area contributed by atoms with E-state index >= 15 is 0 Å². The van der Waals surface area contributed by atoms with Gasteiger partial charge in [-0.1, -0.05) is 224 Å². The van der Waals surface area contributed by atoms with Crippen LogP contribution in [0.15, 0.2) is 249 Å². The first-order chi connectivity index (χ1) is 32.8. The fourth-order valence-electron chi connectivity index (χ4n) is 11.9. The maximum absolute atomic E-state index is 2.55. The van der Waals surface area contributed by atoms with E-state index in [1.165, 1.54) is 110 Å². The highest BCUT2D eigenvalue weighted by molar-refractivity contribution is 6.14. The third kappa shape index (κ3) is 5.17. The van der Waals surface area contributed by atoms with Crippen LogP contribution in [0.4, 0.5) is 17.1 Å². The summed E-state index contributed by atoms with van der Waals surface area (Å²) >= 11 is 0. The van der Waals surface area contributed by atoms with Crippen LogP contribution in [0.1, 0.15) is 22.3 Å². The second kappa shape index (κ2) is 14.2. The minimum Gasteiger partial charge on any atom is -0.309 e. The Morgan fingerprint density at radius 3 is 1.59 bits per heavy atom. The van der Waals surface area contributed by atoms with Crippen molar-refractivity contribution >= 4 is 60.2 Å². The summed E-state index contributed by atoms with van der Waals surface area (Å²) in [7, 11) is 0. The Morgan fingerprint density at radius 2 is 0.758 bits per heavy atom. The van der Waals surface area contributed by atoms with Gasteiger partial charge in [-0.05, 0) is 123 Å². The molecule has 0 amide bonds. The van der Waals surface area contributed by atoms with E-state index in [1.54, 1.807) is 0 Å². The summed E-state index contributed by atoms with van der Waals surface area (Å²) in [5.74, 6) is 0. The van der Waals surface area contributed by atoms with Gasteiger partial charge >= 0.3 is 0 Å². The molecule has 1 spiro atoms. The molecule has 1 atom stereocenters. The monoisotopic (exact) mass is 835 g/mol. The topological polar surface area (TPSA) is 3.24 Å². The Balaban J connectivity index is 1.15. The third-order valence-electron chi connectivity index (χ3n) is 14.6. The van der Waals surface area contributed by atoms with Crippen molar-refractivity contribution in [1.82, 2.24) is 0 Å². The molecule has 0 aliphatic heterocycles. The van der Waals surface area contributed by atoms with Crippen LogP contribution in [0.2, 0.25) is 0 Å². The molecule has 1 heteroatoms. The van der Waals surface area contributed by atoms with Crippen molar-refractivity contribution in [1.29, 1.82) is 0 Å². The van der Waals surface area contributed by atoms with Gasteiger partial charge in [-0.3, -0.25) is 0 Å². The lowest BCUT2D eigenvalue weighted by atomic mass is 9.55. The molecule has 0 N–H and O–H groups in total. The van der Waals surface area contributed by atoms with Crippen LogP contribution in [0.3, 0.4) is 0 Å². The number of hydrogen-bond acceptors (Lipinski definition) is 1. The van der Waals surface area contributed by atoms with Crippen LogP contribution in [0.25, 0.3) is 87.6 Å². The Kier molecular flexibility index (Phi) is 7.97. The van der Waals surface area contributed by atoms with Gasteiger partial charge in [-0.15, -0.1) is 0 Å². The van der Waals surface area contributed by atoms with E-state index in [9.17, 15) is 0 Å². The standard InChI is InChI=1S/C65H41N/c1-3-17-43(18-4-1)50-38-39-57-54-37-35-49(66(48-34-32-42-16-7-8-22-47(42)40-48)64-51-25-10-9-21-45(51)33-36-52(64)44-19-5-2-6-20-44)41-61(54)65(60-31-15-28-55(50)63(57)60)58-29-12-11-26-53(58)56-27-13-23-46-24-14-30-59(65)62(46)56/h1-41H. The Hall–Kier alpha value is -8.52. The van der Waals surface area contributed by atoms with Crippen LogP contribution in [0.5, 0.6) is 0 Å².